The van der Waals surface area contributed by atoms with Crippen LogP contribution in [0.4, 0.5) is 0 Å². The van der Waals surface area contributed by atoms with Crippen molar-refractivity contribution >= 4 is 5.96 Å². The average Bonchev–Trinajstić information content (AvgIpc) is 2.93. The molecule has 1 aromatic carbocycles. The Labute approximate surface area is 167 Å². The number of nitrogens with zero attached hydrogens (tertiary/aromatic N) is 4. The van der Waals surface area contributed by atoms with E-state index in [2.05, 4.69) is 49.4 Å². The molecule has 0 atom stereocenters. The van der Waals surface area contributed by atoms with Crippen LogP contribution in [0, 0.1) is 6.92 Å². The van der Waals surface area contributed by atoms with Crippen molar-refractivity contribution in [3.05, 3.63) is 41.0 Å². The summed E-state index contributed by atoms with van der Waals surface area (Å²) in [4.78, 5) is 4.32. The lowest BCUT2D eigenvalue weighted by Crippen LogP contribution is -2.39. The molecule has 7 heteroatoms. The van der Waals surface area contributed by atoms with Crippen molar-refractivity contribution in [2.45, 2.75) is 52.0 Å². The van der Waals surface area contributed by atoms with E-state index in [0.29, 0.717) is 0 Å². The van der Waals surface area contributed by atoms with E-state index in [1.54, 1.807) is 14.2 Å². The fourth-order valence-corrected chi connectivity index (χ4v) is 3.66. The van der Waals surface area contributed by atoms with E-state index in [1.807, 2.05) is 6.07 Å². The molecule has 2 heterocycles. The number of nitrogens with one attached hydrogen (secondary N) is 2. The van der Waals surface area contributed by atoms with Crippen LogP contribution < -0.4 is 15.4 Å². The lowest BCUT2D eigenvalue weighted by Gasteiger charge is -2.14. The highest BCUT2D eigenvalue weighted by molar-refractivity contribution is 5.79. The lowest BCUT2D eigenvalue weighted by atomic mass is 10.1. The van der Waals surface area contributed by atoms with E-state index >= 15 is 0 Å². The third-order valence-electron chi connectivity index (χ3n) is 5.17. The van der Waals surface area contributed by atoms with E-state index in [9.17, 15) is 0 Å². The zero-order chi connectivity index (χ0) is 19.8. The Bertz CT molecular complexity index is 798. The number of benzene rings is 1. The maximum absolute atomic E-state index is 5.46. The topological polar surface area (TPSA) is 76.4 Å². The molecule has 28 heavy (non-hydrogen) atoms. The van der Waals surface area contributed by atoms with Gasteiger partial charge in [-0.25, -0.2) is 0 Å². The molecule has 7 nitrogen and oxygen atoms in total. The molecule has 0 amide bonds. The Hall–Kier alpha value is -2.57. The Balaban J connectivity index is 1.46. The summed E-state index contributed by atoms with van der Waals surface area (Å²) < 4.78 is 7.76. The number of methoxy groups -OCH3 is 1. The van der Waals surface area contributed by atoms with Gasteiger partial charge in [0.1, 0.15) is 17.4 Å². The van der Waals surface area contributed by atoms with Crippen LogP contribution in [-0.2, 0) is 25.8 Å². The van der Waals surface area contributed by atoms with E-state index in [1.165, 1.54) is 30.4 Å². The minimum absolute atomic E-state index is 0.783. The molecular formula is C21H32N6O. The second kappa shape index (κ2) is 10.1. The maximum Gasteiger partial charge on any atom is 0.191 e. The van der Waals surface area contributed by atoms with Crippen molar-refractivity contribution in [1.82, 2.24) is 25.4 Å². The molecule has 0 radical (unpaired) electrons. The van der Waals surface area contributed by atoms with Crippen LogP contribution in [0.1, 0.15) is 42.0 Å². The normalized spacial score (nSPS) is 14.3. The zero-order valence-electron chi connectivity index (χ0n) is 17.3. The number of aryl methyl sites for hydroxylation is 2. The minimum Gasteiger partial charge on any atom is -0.496 e. The first-order chi connectivity index (χ1) is 13.7. The number of guanidine groups is 1. The molecule has 1 aliphatic rings. The monoisotopic (exact) mass is 384 g/mol. The third kappa shape index (κ3) is 5.24. The van der Waals surface area contributed by atoms with Crippen molar-refractivity contribution in [1.29, 1.82) is 0 Å². The molecule has 152 valence electrons. The number of fused-ring (bicyclic) bond motifs is 1. The Morgan fingerprint density at radius 2 is 1.96 bits per heavy atom. The van der Waals surface area contributed by atoms with Gasteiger partial charge in [-0.15, -0.1) is 10.2 Å². The molecule has 0 spiro atoms. The molecule has 2 N–H and O–H groups in total. The van der Waals surface area contributed by atoms with E-state index in [4.69, 9.17) is 4.74 Å². The third-order valence-corrected chi connectivity index (χ3v) is 5.17. The summed E-state index contributed by atoms with van der Waals surface area (Å²) in [5.41, 5.74) is 2.45. The number of hydrogen-bond donors (Lipinski definition) is 2. The van der Waals surface area contributed by atoms with Crippen LogP contribution in [-0.4, -0.2) is 48.0 Å². The van der Waals surface area contributed by atoms with Gasteiger partial charge in [-0.2, -0.15) is 0 Å². The Morgan fingerprint density at radius 3 is 2.75 bits per heavy atom. The number of aliphatic imine (C=N–C) groups is 1. The number of rotatable bonds is 7. The highest BCUT2D eigenvalue weighted by atomic mass is 16.5. The summed E-state index contributed by atoms with van der Waals surface area (Å²) in [7, 11) is 3.51. The SMILES string of the molecule is CN=C(NCCc1cc(C)ccc1OC)NCCc1nnc2n1CCCCC2. The van der Waals surface area contributed by atoms with Crippen LogP contribution in [0.3, 0.4) is 0 Å². The van der Waals surface area contributed by atoms with Crippen LogP contribution in [0.5, 0.6) is 5.75 Å². The average molecular weight is 385 g/mol. The van der Waals surface area contributed by atoms with Crippen LogP contribution in [0.25, 0.3) is 0 Å². The molecule has 0 unspecified atom stereocenters. The molecular weight excluding hydrogens is 352 g/mol. The maximum atomic E-state index is 5.46. The first-order valence-corrected chi connectivity index (χ1v) is 10.2. The van der Waals surface area contributed by atoms with Crippen molar-refractivity contribution in [2.24, 2.45) is 4.99 Å². The van der Waals surface area contributed by atoms with E-state index in [-0.39, 0.29) is 0 Å². The summed E-state index contributed by atoms with van der Waals surface area (Å²) in [6, 6.07) is 6.27. The zero-order valence-corrected chi connectivity index (χ0v) is 17.3. The quantitative estimate of drug-likeness (QED) is 0.566. The number of aromatic nitrogens is 3. The minimum atomic E-state index is 0.783. The molecule has 0 saturated heterocycles. The second-order valence-corrected chi connectivity index (χ2v) is 7.24. The molecule has 0 aliphatic carbocycles. The van der Waals surface area contributed by atoms with Crippen LogP contribution in [0.15, 0.2) is 23.2 Å². The number of hydrogen-bond acceptors (Lipinski definition) is 4. The first kappa shape index (κ1) is 20.2. The summed E-state index contributed by atoms with van der Waals surface area (Å²) in [6.45, 7) is 4.72. The highest BCUT2D eigenvalue weighted by Crippen LogP contribution is 2.19. The van der Waals surface area contributed by atoms with Gasteiger partial charge in [-0.05, 0) is 37.8 Å². The van der Waals surface area contributed by atoms with Crippen LogP contribution in [0.2, 0.25) is 0 Å². The summed E-state index contributed by atoms with van der Waals surface area (Å²) in [5.74, 6) is 3.96. The van der Waals surface area contributed by atoms with Gasteiger partial charge in [0.05, 0.1) is 7.11 Å². The van der Waals surface area contributed by atoms with E-state index in [0.717, 1.165) is 62.3 Å². The first-order valence-electron chi connectivity index (χ1n) is 10.2. The summed E-state index contributed by atoms with van der Waals surface area (Å²) >= 11 is 0. The van der Waals surface area contributed by atoms with Crippen molar-refractivity contribution in [3.63, 3.8) is 0 Å². The van der Waals surface area contributed by atoms with Crippen molar-refractivity contribution in [2.75, 3.05) is 27.2 Å². The van der Waals surface area contributed by atoms with Crippen molar-refractivity contribution < 1.29 is 4.74 Å². The fourth-order valence-electron chi connectivity index (χ4n) is 3.66. The van der Waals surface area contributed by atoms with Gasteiger partial charge < -0.3 is 19.9 Å². The number of ether oxygens (including phenoxy) is 1. The summed E-state index contributed by atoms with van der Waals surface area (Å²) in [5, 5.41) is 15.5. The molecule has 0 bridgehead atoms. The molecule has 0 saturated carbocycles. The van der Waals surface area contributed by atoms with Gasteiger partial charge in [-0.3, -0.25) is 4.99 Å². The predicted molar refractivity (Wildman–Crippen MR) is 112 cm³/mol. The van der Waals surface area contributed by atoms with Crippen molar-refractivity contribution in [3.8, 4) is 5.75 Å². The van der Waals surface area contributed by atoms with Gasteiger partial charge in [0.2, 0.25) is 0 Å². The van der Waals surface area contributed by atoms with Gasteiger partial charge in [0, 0.05) is 39.5 Å². The molecule has 3 rings (SSSR count). The van der Waals surface area contributed by atoms with Gasteiger partial charge in [-0.1, -0.05) is 24.1 Å². The predicted octanol–water partition coefficient (Wildman–Crippen LogP) is 2.27. The molecule has 2 aromatic rings. The largest absolute Gasteiger partial charge is 0.496 e. The Kier molecular flexibility index (Phi) is 7.28. The van der Waals surface area contributed by atoms with E-state index < -0.39 is 0 Å². The molecule has 0 fully saturated rings. The molecule has 1 aromatic heterocycles. The second-order valence-electron chi connectivity index (χ2n) is 7.24. The van der Waals surface area contributed by atoms with Gasteiger partial charge in [0.15, 0.2) is 5.96 Å². The summed E-state index contributed by atoms with van der Waals surface area (Å²) in [6.07, 6.45) is 6.49. The standard InChI is InChI=1S/C21H32N6O/c1-16-8-9-18(28-3)17(15-16)10-12-23-21(22-2)24-13-11-20-26-25-19-7-5-4-6-14-27(19)20/h8-9,15H,4-7,10-14H2,1-3H3,(H2,22,23,24). The highest BCUT2D eigenvalue weighted by Gasteiger charge is 2.14. The van der Waals surface area contributed by atoms with Gasteiger partial charge >= 0.3 is 0 Å². The molecule has 1 aliphatic heterocycles. The lowest BCUT2D eigenvalue weighted by molar-refractivity contribution is 0.409. The van der Waals surface area contributed by atoms with Crippen LogP contribution >= 0.6 is 0 Å². The Morgan fingerprint density at radius 1 is 1.14 bits per heavy atom. The fraction of sp³-hybridized carbons (Fsp3) is 0.571. The van der Waals surface area contributed by atoms with Gasteiger partial charge in [0.25, 0.3) is 0 Å². The smallest absolute Gasteiger partial charge is 0.191 e.